The molecule has 7 heteroatoms. The molecule has 1 fully saturated rings. The predicted octanol–water partition coefficient (Wildman–Crippen LogP) is 2.24. The summed E-state index contributed by atoms with van der Waals surface area (Å²) in [6.45, 7) is 2.34. The van der Waals surface area contributed by atoms with E-state index in [1.54, 1.807) is 30.8 Å². The van der Waals surface area contributed by atoms with Gasteiger partial charge >= 0.3 is 0 Å². The van der Waals surface area contributed by atoms with Crippen molar-refractivity contribution in [2.45, 2.75) is 12.3 Å². The number of rotatable bonds is 3. The average molecular weight is 321 g/mol. The maximum atomic E-state index is 12.2. The van der Waals surface area contributed by atoms with Crippen LogP contribution in [0, 0.1) is 0 Å². The Bertz CT molecular complexity index is 563. The van der Waals surface area contributed by atoms with Gasteiger partial charge in [0.15, 0.2) is 9.84 Å². The summed E-state index contributed by atoms with van der Waals surface area (Å²) in [6.07, 6.45) is 0. The summed E-state index contributed by atoms with van der Waals surface area (Å²) in [5, 5.41) is -0.0552. The van der Waals surface area contributed by atoms with Crippen molar-refractivity contribution >= 4 is 44.6 Å². The number of nitrogens with two attached hydrogens (primary N) is 1. The van der Waals surface area contributed by atoms with E-state index >= 15 is 0 Å². The van der Waals surface area contributed by atoms with Crippen LogP contribution in [0.25, 0.3) is 0 Å². The molecule has 0 spiro atoms. The molecule has 1 saturated heterocycles. The van der Waals surface area contributed by atoms with Crippen molar-refractivity contribution in [3.05, 3.63) is 23.2 Å². The molecule has 1 aliphatic rings. The molecule has 1 unspecified atom stereocenters. The molecule has 2 rings (SSSR count). The van der Waals surface area contributed by atoms with Crippen molar-refractivity contribution in [1.82, 2.24) is 0 Å². The van der Waals surface area contributed by atoms with Gasteiger partial charge < -0.3 is 10.6 Å². The lowest BCUT2D eigenvalue weighted by atomic mass is 10.2. The Morgan fingerprint density at radius 1 is 1.53 bits per heavy atom. The highest BCUT2D eigenvalue weighted by Crippen LogP contribution is 2.34. The third-order valence-corrected chi connectivity index (χ3v) is 6.86. The standard InChI is InChI=1S/C12H17ClN2O2S2/c1-2-19(16,17)11-8-18-7-6-15(11)10-5-3-4-9(13)12(10)14/h3-5,11H,2,6-8,14H2,1H3. The summed E-state index contributed by atoms with van der Waals surface area (Å²) >= 11 is 7.68. The molecule has 1 heterocycles. The molecule has 1 aromatic carbocycles. The molecule has 0 radical (unpaired) electrons. The van der Waals surface area contributed by atoms with E-state index in [1.165, 1.54) is 0 Å². The van der Waals surface area contributed by atoms with Crippen molar-refractivity contribution in [2.75, 3.05) is 34.4 Å². The van der Waals surface area contributed by atoms with Gasteiger partial charge in [-0.1, -0.05) is 24.6 Å². The molecule has 19 heavy (non-hydrogen) atoms. The molecule has 1 atom stereocenters. The monoisotopic (exact) mass is 320 g/mol. The first kappa shape index (κ1) is 14.8. The van der Waals surface area contributed by atoms with Crippen LogP contribution in [0.2, 0.25) is 5.02 Å². The molecule has 0 amide bonds. The zero-order chi connectivity index (χ0) is 14.0. The van der Waals surface area contributed by atoms with E-state index in [9.17, 15) is 8.42 Å². The lowest BCUT2D eigenvalue weighted by molar-refractivity contribution is 0.580. The number of hydrogen-bond acceptors (Lipinski definition) is 5. The van der Waals surface area contributed by atoms with E-state index in [2.05, 4.69) is 0 Å². The Labute approximate surface area is 123 Å². The van der Waals surface area contributed by atoms with Gasteiger partial charge in [-0.25, -0.2) is 8.42 Å². The third-order valence-electron chi connectivity index (χ3n) is 3.24. The van der Waals surface area contributed by atoms with Crippen molar-refractivity contribution in [2.24, 2.45) is 0 Å². The zero-order valence-corrected chi connectivity index (χ0v) is 13.1. The van der Waals surface area contributed by atoms with Crippen molar-refractivity contribution in [1.29, 1.82) is 0 Å². The van der Waals surface area contributed by atoms with E-state index in [-0.39, 0.29) is 5.75 Å². The first-order valence-corrected chi connectivity index (χ1v) is 9.32. The Hall–Kier alpha value is -0.590. The normalized spacial score (nSPS) is 20.5. The summed E-state index contributed by atoms with van der Waals surface area (Å²) in [4.78, 5) is 1.87. The predicted molar refractivity (Wildman–Crippen MR) is 83.8 cm³/mol. The van der Waals surface area contributed by atoms with Crippen LogP contribution in [0.15, 0.2) is 18.2 Å². The van der Waals surface area contributed by atoms with Crippen LogP contribution in [0.3, 0.4) is 0 Å². The van der Waals surface area contributed by atoms with E-state index < -0.39 is 15.2 Å². The number of nitrogens with zero attached hydrogens (tertiary/aromatic N) is 1. The maximum Gasteiger partial charge on any atom is 0.171 e. The number of para-hydroxylation sites is 1. The fourth-order valence-corrected chi connectivity index (χ4v) is 5.28. The molecule has 1 aliphatic heterocycles. The van der Waals surface area contributed by atoms with Gasteiger partial charge in [0, 0.05) is 23.8 Å². The Kier molecular flexibility index (Phi) is 4.53. The second-order valence-electron chi connectivity index (χ2n) is 4.35. The minimum Gasteiger partial charge on any atom is -0.396 e. The number of sulfone groups is 1. The van der Waals surface area contributed by atoms with E-state index in [0.29, 0.717) is 23.0 Å². The highest BCUT2D eigenvalue weighted by atomic mass is 35.5. The van der Waals surface area contributed by atoms with Crippen LogP contribution in [-0.4, -0.2) is 37.6 Å². The maximum absolute atomic E-state index is 12.2. The van der Waals surface area contributed by atoms with Gasteiger partial charge in [-0.3, -0.25) is 0 Å². The van der Waals surface area contributed by atoms with Gasteiger partial charge in [0.1, 0.15) is 5.37 Å². The van der Waals surface area contributed by atoms with Crippen LogP contribution in [0.1, 0.15) is 6.92 Å². The van der Waals surface area contributed by atoms with Crippen molar-refractivity contribution in [3.8, 4) is 0 Å². The minimum atomic E-state index is -3.14. The number of thioether (sulfide) groups is 1. The van der Waals surface area contributed by atoms with Crippen LogP contribution in [0.4, 0.5) is 11.4 Å². The van der Waals surface area contributed by atoms with Gasteiger partial charge in [-0.15, -0.1) is 0 Å². The fraction of sp³-hybridized carbons (Fsp3) is 0.500. The van der Waals surface area contributed by atoms with Crippen LogP contribution < -0.4 is 10.6 Å². The van der Waals surface area contributed by atoms with E-state index in [1.807, 2.05) is 11.0 Å². The number of halogens is 1. The highest BCUT2D eigenvalue weighted by molar-refractivity contribution is 8.01. The second-order valence-corrected chi connectivity index (χ2v) is 8.35. The van der Waals surface area contributed by atoms with Crippen LogP contribution in [0.5, 0.6) is 0 Å². The third kappa shape index (κ3) is 2.95. The topological polar surface area (TPSA) is 63.4 Å². The number of nitrogen functional groups attached to an aromatic ring is 1. The lowest BCUT2D eigenvalue weighted by Crippen LogP contribution is -2.48. The molecule has 0 aromatic heterocycles. The van der Waals surface area contributed by atoms with Crippen LogP contribution in [-0.2, 0) is 9.84 Å². The smallest absolute Gasteiger partial charge is 0.171 e. The summed E-state index contributed by atoms with van der Waals surface area (Å²) < 4.78 is 24.4. The lowest BCUT2D eigenvalue weighted by Gasteiger charge is -2.37. The Morgan fingerprint density at radius 3 is 2.95 bits per heavy atom. The number of benzene rings is 1. The van der Waals surface area contributed by atoms with Gasteiger partial charge in [0.2, 0.25) is 0 Å². The summed E-state index contributed by atoms with van der Waals surface area (Å²) in [7, 11) is -3.14. The zero-order valence-electron chi connectivity index (χ0n) is 10.7. The fourth-order valence-electron chi connectivity index (χ4n) is 2.12. The molecule has 0 saturated carbocycles. The van der Waals surface area contributed by atoms with Crippen molar-refractivity contribution in [3.63, 3.8) is 0 Å². The molecule has 0 bridgehead atoms. The molecule has 1 aromatic rings. The molecule has 2 N–H and O–H groups in total. The molecular weight excluding hydrogens is 304 g/mol. The van der Waals surface area contributed by atoms with Gasteiger partial charge in [-0.05, 0) is 12.1 Å². The van der Waals surface area contributed by atoms with E-state index in [4.69, 9.17) is 17.3 Å². The minimum absolute atomic E-state index is 0.134. The van der Waals surface area contributed by atoms with Gasteiger partial charge in [0.05, 0.1) is 16.4 Å². The number of hydrogen-bond donors (Lipinski definition) is 1. The first-order valence-electron chi connectivity index (χ1n) is 6.07. The molecule has 0 aliphatic carbocycles. The molecule has 4 nitrogen and oxygen atoms in total. The summed E-state index contributed by atoms with van der Waals surface area (Å²) in [5.74, 6) is 1.60. The first-order chi connectivity index (χ1) is 8.97. The number of anilines is 2. The second kappa shape index (κ2) is 5.81. The summed E-state index contributed by atoms with van der Waals surface area (Å²) in [5.41, 5.74) is 7.15. The van der Waals surface area contributed by atoms with Crippen molar-refractivity contribution < 1.29 is 8.42 Å². The van der Waals surface area contributed by atoms with E-state index in [0.717, 1.165) is 11.4 Å². The highest BCUT2D eigenvalue weighted by Gasteiger charge is 2.33. The Balaban J connectivity index is 2.43. The van der Waals surface area contributed by atoms with Gasteiger partial charge in [0.25, 0.3) is 0 Å². The molecule has 106 valence electrons. The average Bonchev–Trinajstić information content (AvgIpc) is 2.42. The largest absolute Gasteiger partial charge is 0.396 e. The van der Waals surface area contributed by atoms with Crippen LogP contribution >= 0.6 is 23.4 Å². The van der Waals surface area contributed by atoms with Gasteiger partial charge in [-0.2, -0.15) is 11.8 Å². The SMILES string of the molecule is CCS(=O)(=O)C1CSCCN1c1cccc(Cl)c1N. The quantitative estimate of drug-likeness (QED) is 0.865. The summed E-state index contributed by atoms with van der Waals surface area (Å²) in [6, 6.07) is 5.34. The molecular formula is C12H17ClN2O2S2. The Morgan fingerprint density at radius 2 is 2.26 bits per heavy atom.